The molecule has 0 radical (unpaired) electrons. The first-order chi connectivity index (χ1) is 12.6. The summed E-state index contributed by atoms with van der Waals surface area (Å²) < 4.78 is 64.3. The number of carbonyl (C=O) groups excluding carboxylic acids is 2. The number of aromatic nitrogens is 1. The molecule has 27 heavy (non-hydrogen) atoms. The smallest absolute Gasteiger partial charge is 0.274 e. The van der Waals surface area contributed by atoms with Crippen LogP contribution in [0, 0.1) is 0 Å². The minimum Gasteiger partial charge on any atom is -0.274 e. The number of imide groups is 1. The minimum atomic E-state index is -4.58. The third-order valence-corrected chi connectivity index (χ3v) is 5.16. The molecule has 1 N–H and O–H groups in total. The van der Waals surface area contributed by atoms with Gasteiger partial charge in [0, 0.05) is 19.0 Å². The van der Waals surface area contributed by atoms with Gasteiger partial charge in [-0.3, -0.25) is 19.2 Å². The number of halogens is 3. The van der Waals surface area contributed by atoms with Gasteiger partial charge in [0.2, 0.25) is 11.8 Å². The Hall–Kier alpha value is -2.95. The number of sulfonamides is 1. The van der Waals surface area contributed by atoms with Gasteiger partial charge in [-0.25, -0.2) is 13.4 Å². The Labute approximate surface area is 151 Å². The first kappa shape index (κ1) is 18.8. The van der Waals surface area contributed by atoms with Gasteiger partial charge in [0.25, 0.3) is 10.0 Å². The zero-order valence-electron chi connectivity index (χ0n) is 13.5. The zero-order chi connectivity index (χ0) is 19.8. The lowest BCUT2D eigenvalue weighted by Gasteiger charge is -2.14. The van der Waals surface area contributed by atoms with E-state index in [1.165, 1.54) is 24.3 Å². The SMILES string of the molecule is O=C1CCC(=O)N1c1ccc(S(=O)(=O)Nc2ccc(C(F)(F)F)cn2)cc1. The van der Waals surface area contributed by atoms with Crippen molar-refractivity contribution in [3.8, 4) is 0 Å². The van der Waals surface area contributed by atoms with E-state index in [0.717, 1.165) is 11.0 Å². The summed E-state index contributed by atoms with van der Waals surface area (Å²) in [5.74, 6) is -1.03. The molecule has 142 valence electrons. The van der Waals surface area contributed by atoms with Crippen molar-refractivity contribution < 1.29 is 31.2 Å². The van der Waals surface area contributed by atoms with Gasteiger partial charge in [0.05, 0.1) is 16.1 Å². The quantitative estimate of drug-likeness (QED) is 0.797. The fraction of sp³-hybridized carbons (Fsp3) is 0.188. The number of alkyl halides is 3. The van der Waals surface area contributed by atoms with Gasteiger partial charge in [0.1, 0.15) is 5.82 Å². The maximum atomic E-state index is 12.5. The molecule has 1 saturated heterocycles. The maximum Gasteiger partial charge on any atom is 0.417 e. The van der Waals surface area contributed by atoms with Crippen molar-refractivity contribution >= 4 is 33.3 Å². The van der Waals surface area contributed by atoms with Crippen molar-refractivity contribution in [2.75, 3.05) is 9.62 Å². The predicted molar refractivity (Wildman–Crippen MR) is 88.2 cm³/mol. The van der Waals surface area contributed by atoms with Crippen LogP contribution < -0.4 is 9.62 Å². The molecule has 3 rings (SSSR count). The maximum absolute atomic E-state index is 12.5. The number of hydrogen-bond acceptors (Lipinski definition) is 5. The summed E-state index contributed by atoms with van der Waals surface area (Å²) in [6.07, 6.45) is -3.86. The molecule has 0 saturated carbocycles. The van der Waals surface area contributed by atoms with Crippen LogP contribution in [0.25, 0.3) is 0 Å². The molecule has 11 heteroatoms. The number of pyridine rings is 1. The predicted octanol–water partition coefficient (Wildman–Crippen LogP) is 2.55. The monoisotopic (exact) mass is 399 g/mol. The van der Waals surface area contributed by atoms with Crippen LogP contribution in [0.15, 0.2) is 47.5 Å². The van der Waals surface area contributed by atoms with Crippen LogP contribution in [0.4, 0.5) is 24.7 Å². The third-order valence-electron chi connectivity index (χ3n) is 3.79. The summed E-state index contributed by atoms with van der Waals surface area (Å²) in [5.41, 5.74) is -0.760. The number of anilines is 2. The Morgan fingerprint density at radius 3 is 2.04 bits per heavy atom. The third kappa shape index (κ3) is 3.92. The molecule has 0 atom stereocenters. The summed E-state index contributed by atoms with van der Waals surface area (Å²) in [4.78, 5) is 27.6. The molecule has 1 aliphatic heterocycles. The Morgan fingerprint density at radius 1 is 0.963 bits per heavy atom. The topological polar surface area (TPSA) is 96.4 Å². The summed E-state index contributed by atoms with van der Waals surface area (Å²) in [5, 5.41) is 0. The van der Waals surface area contributed by atoms with E-state index in [4.69, 9.17) is 0 Å². The number of nitrogens with zero attached hydrogens (tertiary/aromatic N) is 2. The van der Waals surface area contributed by atoms with Crippen molar-refractivity contribution in [1.82, 2.24) is 4.98 Å². The van der Waals surface area contributed by atoms with Gasteiger partial charge in [-0.2, -0.15) is 13.2 Å². The molecule has 7 nitrogen and oxygen atoms in total. The van der Waals surface area contributed by atoms with Crippen molar-refractivity contribution in [1.29, 1.82) is 0 Å². The van der Waals surface area contributed by atoms with E-state index in [1.54, 1.807) is 0 Å². The Kier molecular flexibility index (Phi) is 4.64. The Balaban J connectivity index is 1.79. The second-order valence-corrected chi connectivity index (χ2v) is 7.33. The number of benzene rings is 1. The molecule has 0 unspecified atom stereocenters. The van der Waals surface area contributed by atoms with Gasteiger partial charge >= 0.3 is 6.18 Å². The lowest BCUT2D eigenvalue weighted by molar-refractivity contribution is -0.137. The molecule has 0 aliphatic carbocycles. The lowest BCUT2D eigenvalue weighted by atomic mass is 10.3. The van der Waals surface area contributed by atoms with Crippen molar-refractivity contribution in [2.45, 2.75) is 23.9 Å². The molecule has 0 bridgehead atoms. The van der Waals surface area contributed by atoms with E-state index in [2.05, 4.69) is 9.71 Å². The van der Waals surface area contributed by atoms with Crippen LogP contribution >= 0.6 is 0 Å². The highest BCUT2D eigenvalue weighted by molar-refractivity contribution is 7.92. The molecule has 0 spiro atoms. The molecular formula is C16H12F3N3O4S. The minimum absolute atomic E-state index is 0.0973. The molecule has 2 amide bonds. The fourth-order valence-electron chi connectivity index (χ4n) is 2.46. The van der Waals surface area contributed by atoms with Crippen LogP contribution in [0.5, 0.6) is 0 Å². The number of nitrogens with one attached hydrogen (secondary N) is 1. The molecule has 1 aromatic heterocycles. The molecule has 2 heterocycles. The molecule has 2 aromatic rings. The number of rotatable bonds is 4. The van der Waals surface area contributed by atoms with Crippen LogP contribution in [0.3, 0.4) is 0 Å². The molecule has 1 aliphatic rings. The first-order valence-corrected chi connectivity index (χ1v) is 9.08. The largest absolute Gasteiger partial charge is 0.417 e. The molecular weight excluding hydrogens is 387 g/mol. The second-order valence-electron chi connectivity index (χ2n) is 5.65. The van der Waals surface area contributed by atoms with E-state index in [-0.39, 0.29) is 41.1 Å². The number of carbonyl (C=O) groups is 2. The highest BCUT2D eigenvalue weighted by Crippen LogP contribution is 2.29. The van der Waals surface area contributed by atoms with E-state index >= 15 is 0 Å². The van der Waals surface area contributed by atoms with E-state index in [9.17, 15) is 31.2 Å². The second kappa shape index (κ2) is 6.65. The van der Waals surface area contributed by atoms with Gasteiger partial charge in [-0.15, -0.1) is 0 Å². The van der Waals surface area contributed by atoms with Crippen LogP contribution in [0.1, 0.15) is 18.4 Å². The zero-order valence-corrected chi connectivity index (χ0v) is 14.3. The normalized spacial score (nSPS) is 15.3. The summed E-state index contributed by atoms with van der Waals surface area (Å²) in [7, 11) is -4.11. The highest BCUT2D eigenvalue weighted by atomic mass is 32.2. The standard InChI is InChI=1S/C16H12F3N3O4S/c17-16(18,19)10-1-6-13(20-9-10)21-27(25,26)12-4-2-11(3-5-12)22-14(23)7-8-15(22)24/h1-6,9H,7-8H2,(H,20,21). The van der Waals surface area contributed by atoms with Gasteiger partial charge in [-0.1, -0.05) is 0 Å². The van der Waals surface area contributed by atoms with Gasteiger partial charge in [-0.05, 0) is 36.4 Å². The highest BCUT2D eigenvalue weighted by Gasteiger charge is 2.31. The summed E-state index contributed by atoms with van der Waals surface area (Å²) >= 11 is 0. The lowest BCUT2D eigenvalue weighted by Crippen LogP contribution is -2.28. The first-order valence-electron chi connectivity index (χ1n) is 7.60. The van der Waals surface area contributed by atoms with Gasteiger partial charge in [0.15, 0.2) is 0 Å². The number of amides is 2. The van der Waals surface area contributed by atoms with Crippen molar-refractivity contribution in [2.24, 2.45) is 0 Å². The fourth-order valence-corrected chi connectivity index (χ4v) is 3.47. The average Bonchev–Trinajstić information content (AvgIpc) is 2.93. The Bertz CT molecular complexity index is 971. The molecule has 1 fully saturated rings. The summed E-state index contributed by atoms with van der Waals surface area (Å²) in [6, 6.07) is 6.57. The van der Waals surface area contributed by atoms with Crippen LogP contribution in [0.2, 0.25) is 0 Å². The van der Waals surface area contributed by atoms with E-state index in [1.807, 2.05) is 0 Å². The number of hydrogen-bond donors (Lipinski definition) is 1. The Morgan fingerprint density at radius 2 is 1.56 bits per heavy atom. The van der Waals surface area contributed by atoms with Gasteiger partial charge < -0.3 is 0 Å². The van der Waals surface area contributed by atoms with E-state index in [0.29, 0.717) is 12.3 Å². The average molecular weight is 399 g/mol. The summed E-state index contributed by atoms with van der Waals surface area (Å²) in [6.45, 7) is 0. The van der Waals surface area contributed by atoms with Crippen LogP contribution in [-0.4, -0.2) is 25.2 Å². The van der Waals surface area contributed by atoms with Crippen molar-refractivity contribution in [3.05, 3.63) is 48.2 Å². The molecule has 1 aromatic carbocycles. The van der Waals surface area contributed by atoms with E-state index < -0.39 is 21.8 Å². The van der Waals surface area contributed by atoms with Crippen LogP contribution in [-0.2, 0) is 25.8 Å². The van der Waals surface area contributed by atoms with Crippen molar-refractivity contribution in [3.63, 3.8) is 0 Å².